The van der Waals surface area contributed by atoms with Crippen LogP contribution < -0.4 is 5.32 Å². The minimum Gasteiger partial charge on any atom is -0.353 e. The summed E-state index contributed by atoms with van der Waals surface area (Å²) in [5.41, 5.74) is 1.73. The van der Waals surface area contributed by atoms with Gasteiger partial charge in [-0.2, -0.15) is 0 Å². The number of hydrogen-bond donors (Lipinski definition) is 1. The average Bonchev–Trinajstić information content (AvgIpc) is 2.35. The number of carbonyl (C=O) groups excluding carboxylic acids is 1. The lowest BCUT2D eigenvalue weighted by Crippen LogP contribution is -2.40. The number of nitrogens with zero attached hydrogens (tertiary/aromatic N) is 1. The second kappa shape index (κ2) is 6.66. The first-order chi connectivity index (χ1) is 9.15. The van der Waals surface area contributed by atoms with E-state index in [0.717, 1.165) is 25.2 Å². The van der Waals surface area contributed by atoms with E-state index < -0.39 is 6.17 Å². The van der Waals surface area contributed by atoms with Crippen LogP contribution in [0.4, 0.5) is 4.39 Å². The monoisotopic (exact) mass is 264 g/mol. The summed E-state index contributed by atoms with van der Waals surface area (Å²) in [6, 6.07) is 7.31. The molecule has 104 valence electrons. The van der Waals surface area contributed by atoms with Gasteiger partial charge < -0.3 is 10.2 Å². The second-order valence-electron chi connectivity index (χ2n) is 5.13. The van der Waals surface area contributed by atoms with Gasteiger partial charge in [0, 0.05) is 13.0 Å². The molecule has 0 radical (unpaired) electrons. The molecule has 19 heavy (non-hydrogen) atoms. The van der Waals surface area contributed by atoms with Crippen molar-refractivity contribution in [2.24, 2.45) is 0 Å². The van der Waals surface area contributed by atoms with Gasteiger partial charge in [-0.15, -0.1) is 0 Å². The zero-order valence-corrected chi connectivity index (χ0v) is 11.4. The molecule has 1 heterocycles. The maximum atomic E-state index is 13.9. The quantitative estimate of drug-likeness (QED) is 0.854. The number of alkyl halides is 1. The number of rotatable bonds is 6. The Balaban J connectivity index is 1.68. The maximum absolute atomic E-state index is 13.9. The number of benzene rings is 1. The fourth-order valence-corrected chi connectivity index (χ4v) is 2.05. The molecule has 1 N–H and O–H groups in total. The molecule has 1 saturated heterocycles. The standard InChI is InChI=1S/C15H21FN2O/c1-12-3-5-13(6-4-12)14(16)11-17-15(19)7-10-18-8-2-9-18/h3-6,14H,2,7-11H2,1H3,(H,17,19)/t14-/m0/s1. The Morgan fingerprint density at radius 2 is 2.05 bits per heavy atom. The molecule has 0 bridgehead atoms. The summed E-state index contributed by atoms with van der Waals surface area (Å²) >= 11 is 0. The smallest absolute Gasteiger partial charge is 0.221 e. The Morgan fingerprint density at radius 3 is 2.63 bits per heavy atom. The highest BCUT2D eigenvalue weighted by molar-refractivity contribution is 5.76. The second-order valence-corrected chi connectivity index (χ2v) is 5.13. The molecule has 0 saturated carbocycles. The Hall–Kier alpha value is -1.42. The van der Waals surface area contributed by atoms with Gasteiger partial charge >= 0.3 is 0 Å². The number of carbonyl (C=O) groups is 1. The van der Waals surface area contributed by atoms with Gasteiger partial charge in [0.05, 0.1) is 6.54 Å². The van der Waals surface area contributed by atoms with Crippen molar-refractivity contribution in [3.8, 4) is 0 Å². The lowest BCUT2D eigenvalue weighted by molar-refractivity contribution is -0.121. The van der Waals surface area contributed by atoms with Crippen molar-refractivity contribution in [2.75, 3.05) is 26.2 Å². The van der Waals surface area contributed by atoms with E-state index >= 15 is 0 Å². The van der Waals surface area contributed by atoms with E-state index in [2.05, 4.69) is 10.2 Å². The normalized spacial score (nSPS) is 16.7. The largest absolute Gasteiger partial charge is 0.353 e. The fraction of sp³-hybridized carbons (Fsp3) is 0.533. The van der Waals surface area contributed by atoms with Crippen LogP contribution in [0.15, 0.2) is 24.3 Å². The Labute approximate surface area is 113 Å². The van der Waals surface area contributed by atoms with Crippen LogP contribution >= 0.6 is 0 Å². The molecule has 3 nitrogen and oxygen atoms in total. The molecule has 0 spiro atoms. The lowest BCUT2D eigenvalue weighted by atomic mass is 10.1. The minimum absolute atomic E-state index is 0.0574. The molecule has 0 unspecified atom stereocenters. The molecule has 2 rings (SSSR count). The molecular formula is C15H21FN2O. The van der Waals surface area contributed by atoms with E-state index in [1.807, 2.05) is 19.1 Å². The SMILES string of the molecule is Cc1ccc([C@@H](F)CNC(=O)CCN2CCC2)cc1. The van der Waals surface area contributed by atoms with E-state index in [1.54, 1.807) is 12.1 Å². The van der Waals surface area contributed by atoms with Crippen LogP contribution in [0.2, 0.25) is 0 Å². The average molecular weight is 264 g/mol. The van der Waals surface area contributed by atoms with Gasteiger partial charge in [0.2, 0.25) is 5.91 Å². The van der Waals surface area contributed by atoms with Crippen molar-refractivity contribution in [1.29, 1.82) is 0 Å². The molecule has 1 aliphatic heterocycles. The molecule has 1 aromatic carbocycles. The summed E-state index contributed by atoms with van der Waals surface area (Å²) in [5, 5.41) is 2.66. The highest BCUT2D eigenvalue weighted by atomic mass is 19.1. The van der Waals surface area contributed by atoms with Crippen molar-refractivity contribution in [3.63, 3.8) is 0 Å². The first-order valence-electron chi connectivity index (χ1n) is 6.85. The van der Waals surface area contributed by atoms with Crippen molar-refractivity contribution in [2.45, 2.75) is 25.9 Å². The highest BCUT2D eigenvalue weighted by Crippen LogP contribution is 2.16. The molecule has 1 amide bonds. The molecule has 0 aromatic heterocycles. The summed E-state index contributed by atoms with van der Waals surface area (Å²) in [6.45, 7) is 4.98. The van der Waals surface area contributed by atoms with Crippen LogP contribution in [0.1, 0.15) is 30.1 Å². The van der Waals surface area contributed by atoms with Crippen molar-refractivity contribution < 1.29 is 9.18 Å². The first kappa shape index (κ1) is 14.0. The van der Waals surface area contributed by atoms with Gasteiger partial charge in [-0.05, 0) is 32.0 Å². The Morgan fingerprint density at radius 1 is 1.37 bits per heavy atom. The maximum Gasteiger partial charge on any atom is 0.221 e. The summed E-state index contributed by atoms with van der Waals surface area (Å²) in [6.07, 6.45) is 0.552. The predicted octanol–water partition coefficient (Wildman–Crippen LogP) is 2.22. The third-order valence-corrected chi connectivity index (χ3v) is 3.52. The molecule has 0 aliphatic carbocycles. The van der Waals surface area contributed by atoms with Crippen LogP contribution in [0, 0.1) is 6.92 Å². The number of hydrogen-bond acceptors (Lipinski definition) is 2. The van der Waals surface area contributed by atoms with Crippen molar-refractivity contribution >= 4 is 5.91 Å². The number of amides is 1. The van der Waals surface area contributed by atoms with Crippen LogP contribution in [-0.4, -0.2) is 37.0 Å². The van der Waals surface area contributed by atoms with Gasteiger partial charge in [-0.3, -0.25) is 4.79 Å². The molecule has 1 atom stereocenters. The van der Waals surface area contributed by atoms with E-state index in [9.17, 15) is 9.18 Å². The van der Waals surface area contributed by atoms with Gasteiger partial charge in [0.1, 0.15) is 6.17 Å². The van der Waals surface area contributed by atoms with Gasteiger partial charge in [-0.25, -0.2) is 4.39 Å². The summed E-state index contributed by atoms with van der Waals surface area (Å²) in [7, 11) is 0. The van der Waals surface area contributed by atoms with Crippen LogP contribution in [0.5, 0.6) is 0 Å². The Bertz CT molecular complexity index is 415. The number of aryl methyl sites for hydroxylation is 1. The first-order valence-corrected chi connectivity index (χ1v) is 6.85. The van der Waals surface area contributed by atoms with Crippen molar-refractivity contribution in [3.05, 3.63) is 35.4 Å². The van der Waals surface area contributed by atoms with E-state index in [4.69, 9.17) is 0 Å². The molecule has 4 heteroatoms. The van der Waals surface area contributed by atoms with Gasteiger partial charge in [0.15, 0.2) is 0 Å². The summed E-state index contributed by atoms with van der Waals surface area (Å²) in [5.74, 6) is -0.0679. The predicted molar refractivity (Wildman–Crippen MR) is 73.7 cm³/mol. The summed E-state index contributed by atoms with van der Waals surface area (Å²) in [4.78, 5) is 13.8. The third-order valence-electron chi connectivity index (χ3n) is 3.52. The molecule has 1 aromatic rings. The number of likely N-dealkylation sites (tertiary alicyclic amines) is 1. The summed E-state index contributed by atoms with van der Waals surface area (Å²) < 4.78 is 13.9. The highest BCUT2D eigenvalue weighted by Gasteiger charge is 2.15. The molecule has 1 aliphatic rings. The topological polar surface area (TPSA) is 32.3 Å². The zero-order valence-electron chi connectivity index (χ0n) is 11.4. The fourth-order valence-electron chi connectivity index (χ4n) is 2.05. The number of halogens is 1. The van der Waals surface area contributed by atoms with Crippen LogP contribution in [0.3, 0.4) is 0 Å². The van der Waals surface area contributed by atoms with E-state index in [1.165, 1.54) is 6.42 Å². The Kier molecular flexibility index (Phi) is 4.91. The van der Waals surface area contributed by atoms with E-state index in [0.29, 0.717) is 12.0 Å². The number of nitrogens with one attached hydrogen (secondary N) is 1. The zero-order chi connectivity index (χ0) is 13.7. The third kappa shape index (κ3) is 4.31. The van der Waals surface area contributed by atoms with Crippen LogP contribution in [-0.2, 0) is 4.79 Å². The van der Waals surface area contributed by atoms with Gasteiger partial charge in [-0.1, -0.05) is 29.8 Å². The van der Waals surface area contributed by atoms with E-state index in [-0.39, 0.29) is 12.5 Å². The van der Waals surface area contributed by atoms with Crippen LogP contribution in [0.25, 0.3) is 0 Å². The lowest BCUT2D eigenvalue weighted by Gasteiger charge is -2.30. The molecule has 1 fully saturated rings. The molecular weight excluding hydrogens is 243 g/mol. The van der Waals surface area contributed by atoms with Crippen molar-refractivity contribution in [1.82, 2.24) is 10.2 Å². The van der Waals surface area contributed by atoms with Gasteiger partial charge in [0.25, 0.3) is 0 Å². The minimum atomic E-state index is -1.13.